The van der Waals surface area contributed by atoms with Crippen molar-refractivity contribution in [3.05, 3.63) is 141 Å². The maximum Gasteiger partial charge on any atom is 0.126 e. The molecule has 0 aliphatic heterocycles. The zero-order valence-electron chi connectivity index (χ0n) is 22.9. The standard InChI is InChI=1S/C9H12O.2C8H9F.C8H10/c1-7-3-4-8(2)9(5-7)6-10;2*1-6-3-4-7(2)8(9)5-6;1-7-3-5-8(2)6-4-7/h3-5,10H,6H2,1-2H3;2*3-5H,1-2H3;3-6H,1-2H3. The van der Waals surface area contributed by atoms with Gasteiger partial charge in [0.05, 0.1) is 6.61 Å². The summed E-state index contributed by atoms with van der Waals surface area (Å²) in [5.41, 5.74) is 9.41. The Labute approximate surface area is 216 Å². The van der Waals surface area contributed by atoms with Crippen molar-refractivity contribution in [2.24, 2.45) is 0 Å². The van der Waals surface area contributed by atoms with Gasteiger partial charge in [0.2, 0.25) is 0 Å². The minimum atomic E-state index is -0.116. The predicted molar refractivity (Wildman–Crippen MR) is 150 cm³/mol. The highest BCUT2D eigenvalue weighted by Crippen LogP contribution is 2.10. The Morgan fingerprint density at radius 3 is 1.03 bits per heavy atom. The van der Waals surface area contributed by atoms with Crippen molar-refractivity contribution in [2.45, 2.75) is 62.0 Å². The molecule has 192 valence electrons. The summed E-state index contributed by atoms with van der Waals surface area (Å²) in [7, 11) is 0. The maximum absolute atomic E-state index is 12.6. The molecule has 0 aliphatic rings. The van der Waals surface area contributed by atoms with Gasteiger partial charge in [0.25, 0.3) is 0 Å². The number of halogens is 2. The third-order valence-corrected chi connectivity index (χ3v) is 5.55. The molecular formula is C33H40F2O. The van der Waals surface area contributed by atoms with E-state index in [0.29, 0.717) is 11.1 Å². The Kier molecular flexibility index (Phi) is 13.4. The molecule has 0 spiro atoms. The lowest BCUT2D eigenvalue weighted by Gasteiger charge is -2.01. The molecule has 0 amide bonds. The first-order chi connectivity index (χ1) is 16.9. The molecular weight excluding hydrogens is 450 g/mol. The SMILES string of the molecule is Cc1ccc(C)c(CO)c1.Cc1ccc(C)c(F)c1.Cc1ccc(C)c(F)c1.Cc1ccc(C)cc1. The molecule has 0 unspecified atom stereocenters. The van der Waals surface area contributed by atoms with Crippen LogP contribution in [0.2, 0.25) is 0 Å². The van der Waals surface area contributed by atoms with E-state index in [0.717, 1.165) is 22.3 Å². The van der Waals surface area contributed by atoms with Crippen LogP contribution < -0.4 is 0 Å². The number of rotatable bonds is 1. The van der Waals surface area contributed by atoms with Gasteiger partial charge in [-0.15, -0.1) is 0 Å². The Balaban J connectivity index is 0.000000241. The van der Waals surface area contributed by atoms with Crippen molar-refractivity contribution in [1.29, 1.82) is 0 Å². The minimum absolute atomic E-state index is 0.116. The first-order valence-electron chi connectivity index (χ1n) is 12.1. The van der Waals surface area contributed by atoms with E-state index in [4.69, 9.17) is 5.11 Å². The molecule has 0 atom stereocenters. The highest BCUT2D eigenvalue weighted by molar-refractivity contribution is 5.29. The van der Waals surface area contributed by atoms with E-state index in [1.165, 1.54) is 28.8 Å². The molecule has 0 fully saturated rings. The summed E-state index contributed by atoms with van der Waals surface area (Å²) in [5.74, 6) is -0.231. The number of aliphatic hydroxyl groups excluding tert-OH is 1. The fraction of sp³-hybridized carbons (Fsp3) is 0.273. The zero-order valence-corrected chi connectivity index (χ0v) is 22.9. The third kappa shape index (κ3) is 11.9. The molecule has 36 heavy (non-hydrogen) atoms. The summed E-state index contributed by atoms with van der Waals surface area (Å²) in [4.78, 5) is 0. The molecule has 0 saturated heterocycles. The molecule has 0 radical (unpaired) electrons. The van der Waals surface area contributed by atoms with E-state index in [-0.39, 0.29) is 18.2 Å². The van der Waals surface area contributed by atoms with Crippen LogP contribution in [0.4, 0.5) is 8.78 Å². The number of benzene rings is 4. The maximum atomic E-state index is 12.6. The van der Waals surface area contributed by atoms with Crippen LogP contribution in [0.15, 0.2) is 78.9 Å². The van der Waals surface area contributed by atoms with Gasteiger partial charge in [-0.25, -0.2) is 8.78 Å². The lowest BCUT2D eigenvalue weighted by atomic mass is 10.1. The van der Waals surface area contributed by atoms with E-state index >= 15 is 0 Å². The predicted octanol–water partition coefficient (Wildman–Crippen LogP) is 8.98. The quantitative estimate of drug-likeness (QED) is 0.282. The fourth-order valence-corrected chi connectivity index (χ4v) is 3.00. The smallest absolute Gasteiger partial charge is 0.126 e. The normalized spacial score (nSPS) is 9.64. The van der Waals surface area contributed by atoms with Gasteiger partial charge in [0.15, 0.2) is 0 Å². The summed E-state index contributed by atoms with van der Waals surface area (Å²) in [5, 5.41) is 8.84. The molecule has 4 aromatic rings. The van der Waals surface area contributed by atoms with Crippen LogP contribution in [-0.2, 0) is 6.61 Å². The molecule has 3 heteroatoms. The van der Waals surface area contributed by atoms with Crippen molar-refractivity contribution < 1.29 is 13.9 Å². The van der Waals surface area contributed by atoms with Gasteiger partial charge in [-0.3, -0.25) is 0 Å². The summed E-state index contributed by atoms with van der Waals surface area (Å²) >= 11 is 0. The molecule has 4 aromatic carbocycles. The molecule has 1 N–H and O–H groups in total. The van der Waals surface area contributed by atoms with E-state index in [9.17, 15) is 8.78 Å². The van der Waals surface area contributed by atoms with Gasteiger partial charge in [0.1, 0.15) is 11.6 Å². The summed E-state index contributed by atoms with van der Waals surface area (Å²) < 4.78 is 25.2. The molecule has 0 bridgehead atoms. The molecule has 0 aromatic heterocycles. The van der Waals surface area contributed by atoms with Gasteiger partial charge in [-0.05, 0) is 101 Å². The monoisotopic (exact) mass is 490 g/mol. The minimum Gasteiger partial charge on any atom is -0.392 e. The number of aliphatic hydroxyl groups is 1. The number of hydrogen-bond donors (Lipinski definition) is 1. The first-order valence-corrected chi connectivity index (χ1v) is 12.1. The topological polar surface area (TPSA) is 20.2 Å². The second kappa shape index (κ2) is 15.6. The van der Waals surface area contributed by atoms with E-state index < -0.39 is 0 Å². The van der Waals surface area contributed by atoms with E-state index in [1.54, 1.807) is 26.0 Å². The van der Waals surface area contributed by atoms with Crippen LogP contribution >= 0.6 is 0 Å². The van der Waals surface area contributed by atoms with Crippen LogP contribution in [-0.4, -0.2) is 5.11 Å². The summed E-state index contributed by atoms with van der Waals surface area (Å²) in [6.45, 7) is 15.6. The third-order valence-electron chi connectivity index (χ3n) is 5.55. The Bertz CT molecular complexity index is 1140. The largest absolute Gasteiger partial charge is 0.392 e. The Morgan fingerprint density at radius 1 is 0.444 bits per heavy atom. The number of hydrogen-bond acceptors (Lipinski definition) is 1. The van der Waals surface area contributed by atoms with Crippen molar-refractivity contribution in [3.63, 3.8) is 0 Å². The van der Waals surface area contributed by atoms with Gasteiger partial charge in [-0.1, -0.05) is 83.4 Å². The molecule has 0 saturated carbocycles. The van der Waals surface area contributed by atoms with Crippen molar-refractivity contribution in [1.82, 2.24) is 0 Å². The Morgan fingerprint density at radius 2 is 0.750 bits per heavy atom. The van der Waals surface area contributed by atoms with E-state index in [1.807, 2.05) is 52.0 Å². The van der Waals surface area contributed by atoms with Crippen molar-refractivity contribution in [3.8, 4) is 0 Å². The second-order valence-corrected chi connectivity index (χ2v) is 9.25. The van der Waals surface area contributed by atoms with Crippen LogP contribution in [0.3, 0.4) is 0 Å². The number of aryl methyl sites for hydroxylation is 8. The summed E-state index contributed by atoms with van der Waals surface area (Å²) in [6.07, 6.45) is 0. The second-order valence-electron chi connectivity index (χ2n) is 9.25. The van der Waals surface area contributed by atoms with Crippen molar-refractivity contribution >= 4 is 0 Å². The van der Waals surface area contributed by atoms with Gasteiger partial charge in [-0.2, -0.15) is 0 Å². The van der Waals surface area contributed by atoms with Crippen molar-refractivity contribution in [2.75, 3.05) is 0 Å². The average Bonchev–Trinajstić information content (AvgIpc) is 2.84. The highest BCUT2D eigenvalue weighted by Gasteiger charge is 1.95. The van der Waals surface area contributed by atoms with E-state index in [2.05, 4.69) is 44.2 Å². The molecule has 0 heterocycles. The lowest BCUT2D eigenvalue weighted by Crippen LogP contribution is -1.88. The molecule has 0 aliphatic carbocycles. The average molecular weight is 491 g/mol. The van der Waals surface area contributed by atoms with Crippen LogP contribution in [0.1, 0.15) is 50.1 Å². The molecule has 1 nitrogen and oxygen atoms in total. The highest BCUT2D eigenvalue weighted by atomic mass is 19.1. The summed E-state index contributed by atoms with van der Waals surface area (Å²) in [6, 6.07) is 25.0. The van der Waals surface area contributed by atoms with Crippen LogP contribution in [0.25, 0.3) is 0 Å². The first kappa shape index (κ1) is 30.7. The van der Waals surface area contributed by atoms with Gasteiger partial charge >= 0.3 is 0 Å². The molecule has 4 rings (SSSR count). The van der Waals surface area contributed by atoms with Gasteiger partial charge < -0.3 is 5.11 Å². The van der Waals surface area contributed by atoms with Crippen LogP contribution in [0.5, 0.6) is 0 Å². The van der Waals surface area contributed by atoms with Crippen LogP contribution in [0, 0.1) is 67.0 Å². The lowest BCUT2D eigenvalue weighted by molar-refractivity contribution is 0.281. The zero-order chi connectivity index (χ0) is 27.3. The Hall–Kier alpha value is -3.30. The fourth-order valence-electron chi connectivity index (χ4n) is 3.00. The van der Waals surface area contributed by atoms with Gasteiger partial charge in [0, 0.05) is 0 Å².